The lowest BCUT2D eigenvalue weighted by atomic mass is 9.99. The molecule has 1 fully saturated rings. The molecule has 2 aromatic carbocycles. The van der Waals surface area contributed by atoms with Crippen LogP contribution in [-0.4, -0.2) is 38.8 Å². The van der Waals surface area contributed by atoms with E-state index in [4.69, 9.17) is 16.3 Å². The van der Waals surface area contributed by atoms with Crippen LogP contribution in [0.4, 0.5) is 10.1 Å². The summed E-state index contributed by atoms with van der Waals surface area (Å²) in [6.45, 7) is 0.351. The maximum atomic E-state index is 13.1. The molecule has 1 aliphatic rings. The molecule has 0 saturated carbocycles. The van der Waals surface area contributed by atoms with Gasteiger partial charge in [-0.1, -0.05) is 11.6 Å². The van der Waals surface area contributed by atoms with Gasteiger partial charge in [0.2, 0.25) is 15.9 Å². The van der Waals surface area contributed by atoms with Crippen LogP contribution in [-0.2, 0) is 14.8 Å². The molecule has 1 heterocycles. The van der Waals surface area contributed by atoms with E-state index in [1.807, 2.05) is 0 Å². The van der Waals surface area contributed by atoms with E-state index in [0.717, 1.165) is 0 Å². The molecule has 1 aliphatic heterocycles. The van der Waals surface area contributed by atoms with Crippen LogP contribution in [0, 0.1) is 11.7 Å². The Morgan fingerprint density at radius 2 is 1.96 bits per heavy atom. The zero-order chi connectivity index (χ0) is 20.3. The molecule has 9 heteroatoms. The summed E-state index contributed by atoms with van der Waals surface area (Å²) < 4.78 is 45.6. The second kappa shape index (κ2) is 8.46. The summed E-state index contributed by atoms with van der Waals surface area (Å²) in [4.78, 5) is 12.5. The Bertz CT molecular complexity index is 966. The van der Waals surface area contributed by atoms with Gasteiger partial charge in [-0.25, -0.2) is 12.8 Å². The number of piperidine rings is 1. The average molecular weight is 427 g/mol. The Morgan fingerprint density at radius 3 is 2.64 bits per heavy atom. The summed E-state index contributed by atoms with van der Waals surface area (Å²) in [5, 5.41) is 2.99. The fourth-order valence-electron chi connectivity index (χ4n) is 3.14. The van der Waals surface area contributed by atoms with Crippen molar-refractivity contribution < 1.29 is 22.3 Å². The number of nitrogens with one attached hydrogen (secondary N) is 1. The average Bonchev–Trinajstić information content (AvgIpc) is 2.69. The minimum Gasteiger partial charge on any atom is -0.495 e. The first-order valence-corrected chi connectivity index (χ1v) is 10.5. The first-order valence-electron chi connectivity index (χ1n) is 8.71. The van der Waals surface area contributed by atoms with Crippen LogP contribution >= 0.6 is 11.6 Å². The molecule has 150 valence electrons. The predicted octanol–water partition coefficient (Wildman–Crippen LogP) is 3.53. The molecule has 2 aromatic rings. The van der Waals surface area contributed by atoms with Crippen LogP contribution in [0.1, 0.15) is 12.8 Å². The van der Waals surface area contributed by atoms with Crippen LogP contribution in [0.2, 0.25) is 5.02 Å². The minimum atomic E-state index is -3.88. The number of nitrogens with zero attached hydrogens (tertiary/aromatic N) is 1. The molecule has 1 atom stereocenters. The number of anilines is 1. The highest BCUT2D eigenvalue weighted by molar-refractivity contribution is 7.89. The van der Waals surface area contributed by atoms with Gasteiger partial charge in [0, 0.05) is 23.8 Å². The van der Waals surface area contributed by atoms with Crippen molar-refractivity contribution >= 4 is 33.2 Å². The Morgan fingerprint density at radius 1 is 1.25 bits per heavy atom. The number of rotatable bonds is 5. The number of carbonyl (C=O) groups is 1. The fraction of sp³-hybridized carbons (Fsp3) is 0.316. The van der Waals surface area contributed by atoms with E-state index in [9.17, 15) is 17.6 Å². The zero-order valence-corrected chi connectivity index (χ0v) is 16.8. The van der Waals surface area contributed by atoms with Crippen molar-refractivity contribution in [2.75, 3.05) is 25.5 Å². The Balaban J connectivity index is 1.78. The molecule has 0 aliphatic carbocycles. The van der Waals surface area contributed by atoms with E-state index in [1.165, 1.54) is 47.8 Å². The van der Waals surface area contributed by atoms with E-state index in [2.05, 4.69) is 5.32 Å². The monoisotopic (exact) mass is 426 g/mol. The van der Waals surface area contributed by atoms with Gasteiger partial charge in [0.05, 0.1) is 13.0 Å². The number of hydrogen-bond donors (Lipinski definition) is 1. The molecular weight excluding hydrogens is 407 g/mol. The van der Waals surface area contributed by atoms with Gasteiger partial charge in [0.25, 0.3) is 0 Å². The lowest BCUT2D eigenvalue weighted by Gasteiger charge is -2.31. The highest BCUT2D eigenvalue weighted by Crippen LogP contribution is 2.32. The van der Waals surface area contributed by atoms with Crippen LogP contribution in [0.5, 0.6) is 5.75 Å². The maximum absolute atomic E-state index is 13.1. The van der Waals surface area contributed by atoms with Gasteiger partial charge in [-0.2, -0.15) is 4.31 Å². The highest BCUT2D eigenvalue weighted by atomic mass is 35.5. The smallest absolute Gasteiger partial charge is 0.246 e. The van der Waals surface area contributed by atoms with Crippen molar-refractivity contribution in [3.05, 3.63) is 53.3 Å². The molecule has 0 aromatic heterocycles. The molecule has 0 radical (unpaired) electrons. The molecular formula is C19H20ClFN2O4S. The summed E-state index contributed by atoms with van der Waals surface area (Å²) >= 11 is 5.97. The maximum Gasteiger partial charge on any atom is 0.246 e. The van der Waals surface area contributed by atoms with Crippen molar-refractivity contribution in [3.63, 3.8) is 0 Å². The molecule has 0 bridgehead atoms. The minimum absolute atomic E-state index is 0.0258. The number of amides is 1. The molecule has 28 heavy (non-hydrogen) atoms. The summed E-state index contributed by atoms with van der Waals surface area (Å²) in [5.74, 6) is -1.02. The van der Waals surface area contributed by atoms with Crippen LogP contribution in [0.25, 0.3) is 0 Å². The Kier molecular flexibility index (Phi) is 6.22. The standard InChI is InChI=1S/C19H20ClFN2O4S/c1-27-17-9-4-14(20)11-18(17)28(25,26)23-10-2-3-13(12-23)19(24)22-16-7-5-15(21)6-8-16/h4-9,11,13H,2-3,10,12H2,1H3,(H,22,24)/t13-/m1/s1. The van der Waals surface area contributed by atoms with Crippen molar-refractivity contribution in [3.8, 4) is 5.75 Å². The number of benzene rings is 2. The highest BCUT2D eigenvalue weighted by Gasteiger charge is 2.35. The van der Waals surface area contributed by atoms with Gasteiger partial charge < -0.3 is 10.1 Å². The largest absolute Gasteiger partial charge is 0.495 e. The molecule has 1 saturated heterocycles. The van der Waals surface area contributed by atoms with Crippen LogP contribution in [0.3, 0.4) is 0 Å². The number of hydrogen-bond acceptors (Lipinski definition) is 4. The quantitative estimate of drug-likeness (QED) is 0.793. The lowest BCUT2D eigenvalue weighted by Crippen LogP contribution is -2.43. The number of sulfonamides is 1. The van der Waals surface area contributed by atoms with Crippen molar-refractivity contribution in [1.29, 1.82) is 0 Å². The zero-order valence-electron chi connectivity index (χ0n) is 15.2. The summed E-state index contributed by atoms with van der Waals surface area (Å²) in [6, 6.07) is 9.81. The number of halogens is 2. The lowest BCUT2D eigenvalue weighted by molar-refractivity contribution is -0.120. The van der Waals surface area contributed by atoms with E-state index in [0.29, 0.717) is 25.1 Å². The number of methoxy groups -OCH3 is 1. The third-order valence-electron chi connectivity index (χ3n) is 4.61. The van der Waals surface area contributed by atoms with Crippen LogP contribution in [0.15, 0.2) is 47.4 Å². The van der Waals surface area contributed by atoms with Gasteiger partial charge in [0.1, 0.15) is 16.5 Å². The Labute approximate surface area is 168 Å². The first kappa shape index (κ1) is 20.6. The molecule has 3 rings (SSSR count). The Hall–Kier alpha value is -2.16. The molecule has 6 nitrogen and oxygen atoms in total. The summed E-state index contributed by atoms with van der Waals surface area (Å²) in [7, 11) is -2.49. The van der Waals surface area contributed by atoms with Crippen LogP contribution < -0.4 is 10.1 Å². The van der Waals surface area contributed by atoms with E-state index in [-0.39, 0.29) is 28.1 Å². The number of carbonyl (C=O) groups excluding carboxylic acids is 1. The van der Waals surface area contributed by atoms with Crippen molar-refractivity contribution in [1.82, 2.24) is 4.31 Å². The van der Waals surface area contributed by atoms with Gasteiger partial charge in [-0.15, -0.1) is 0 Å². The van der Waals surface area contributed by atoms with Gasteiger partial charge in [0.15, 0.2) is 0 Å². The summed E-state index contributed by atoms with van der Waals surface area (Å²) in [6.07, 6.45) is 1.11. The van der Waals surface area contributed by atoms with E-state index < -0.39 is 21.8 Å². The second-order valence-electron chi connectivity index (χ2n) is 6.49. The van der Waals surface area contributed by atoms with Crippen molar-refractivity contribution in [2.45, 2.75) is 17.7 Å². The van der Waals surface area contributed by atoms with Gasteiger partial charge in [-0.3, -0.25) is 4.79 Å². The molecule has 1 N–H and O–H groups in total. The third kappa shape index (κ3) is 4.45. The van der Waals surface area contributed by atoms with Crippen molar-refractivity contribution in [2.24, 2.45) is 5.92 Å². The summed E-state index contributed by atoms with van der Waals surface area (Å²) in [5.41, 5.74) is 0.461. The molecule has 0 spiro atoms. The topological polar surface area (TPSA) is 75.7 Å². The first-order chi connectivity index (χ1) is 13.3. The normalized spacial score (nSPS) is 17.9. The second-order valence-corrected chi connectivity index (χ2v) is 8.84. The SMILES string of the molecule is COc1ccc(Cl)cc1S(=O)(=O)N1CCC[C@@H](C(=O)Nc2ccc(F)cc2)C1. The van der Waals surface area contributed by atoms with E-state index in [1.54, 1.807) is 6.07 Å². The fourth-order valence-corrected chi connectivity index (χ4v) is 5.09. The number of ether oxygens (including phenoxy) is 1. The molecule has 0 unspecified atom stereocenters. The van der Waals surface area contributed by atoms with E-state index >= 15 is 0 Å². The van der Waals surface area contributed by atoms with Gasteiger partial charge >= 0.3 is 0 Å². The third-order valence-corrected chi connectivity index (χ3v) is 6.73. The van der Waals surface area contributed by atoms with Gasteiger partial charge in [-0.05, 0) is 55.3 Å². The molecule has 1 amide bonds. The predicted molar refractivity (Wildman–Crippen MR) is 105 cm³/mol.